The molecule has 1 aromatic carbocycles. The second kappa shape index (κ2) is 5.29. The highest BCUT2D eigenvalue weighted by Gasteiger charge is 2.06. The highest BCUT2D eigenvalue weighted by molar-refractivity contribution is 7.89. The number of rotatable bonds is 5. The molecule has 6 heteroatoms. The van der Waals surface area contributed by atoms with Crippen molar-refractivity contribution < 1.29 is 8.42 Å². The highest BCUT2D eigenvalue weighted by Crippen LogP contribution is 2.12. The summed E-state index contributed by atoms with van der Waals surface area (Å²) in [5.74, 6) is 0. The smallest absolute Gasteiger partial charge is 0.238 e. The van der Waals surface area contributed by atoms with Crippen LogP contribution in [0.3, 0.4) is 0 Å². The number of hydrogen-bond acceptors (Lipinski definition) is 4. The van der Waals surface area contributed by atoms with Crippen LogP contribution in [0.4, 0.5) is 5.69 Å². The molecule has 5 N–H and O–H groups in total. The molecule has 0 aliphatic rings. The van der Waals surface area contributed by atoms with Crippen LogP contribution in [-0.4, -0.2) is 21.0 Å². The number of nitrogens with one attached hydrogen (secondary N) is 1. The fraction of sp³-hybridized carbons (Fsp3) is 0.400. The van der Waals surface area contributed by atoms with Gasteiger partial charge >= 0.3 is 0 Å². The van der Waals surface area contributed by atoms with Gasteiger partial charge in [-0.2, -0.15) is 0 Å². The predicted molar refractivity (Wildman–Crippen MR) is 64.6 cm³/mol. The van der Waals surface area contributed by atoms with E-state index in [2.05, 4.69) is 5.32 Å². The SMILES string of the molecule is CCC(N)CNc1ccc(S(N)(=O)=O)cc1. The maximum absolute atomic E-state index is 11.0. The Morgan fingerprint density at radius 1 is 1.31 bits per heavy atom. The summed E-state index contributed by atoms with van der Waals surface area (Å²) in [4.78, 5) is 0.109. The molecule has 0 aliphatic carbocycles. The van der Waals surface area contributed by atoms with Crippen LogP contribution in [-0.2, 0) is 10.0 Å². The Bertz CT molecular complexity index is 428. The summed E-state index contributed by atoms with van der Waals surface area (Å²) in [6, 6.07) is 6.37. The number of anilines is 1. The van der Waals surface area contributed by atoms with Crippen LogP contribution in [0.25, 0.3) is 0 Å². The highest BCUT2D eigenvalue weighted by atomic mass is 32.2. The van der Waals surface area contributed by atoms with Crippen LogP contribution in [0.5, 0.6) is 0 Å². The van der Waals surface area contributed by atoms with Gasteiger partial charge in [0.2, 0.25) is 10.0 Å². The molecule has 0 heterocycles. The Labute approximate surface area is 95.9 Å². The van der Waals surface area contributed by atoms with Crippen molar-refractivity contribution in [3.8, 4) is 0 Å². The maximum Gasteiger partial charge on any atom is 0.238 e. The van der Waals surface area contributed by atoms with E-state index in [1.807, 2.05) is 6.92 Å². The van der Waals surface area contributed by atoms with Crippen molar-refractivity contribution in [3.63, 3.8) is 0 Å². The number of primary sulfonamides is 1. The lowest BCUT2D eigenvalue weighted by molar-refractivity contribution is 0.598. The first-order chi connectivity index (χ1) is 7.43. The molecule has 0 amide bonds. The second-order valence-corrected chi connectivity index (χ2v) is 5.18. The van der Waals surface area contributed by atoms with E-state index in [0.29, 0.717) is 6.54 Å². The molecule has 0 bridgehead atoms. The average molecular weight is 243 g/mol. The van der Waals surface area contributed by atoms with E-state index in [-0.39, 0.29) is 10.9 Å². The first-order valence-corrected chi connectivity index (χ1v) is 6.60. The lowest BCUT2D eigenvalue weighted by Gasteiger charge is -2.11. The topological polar surface area (TPSA) is 98.2 Å². The van der Waals surface area contributed by atoms with Crippen LogP contribution in [0.15, 0.2) is 29.2 Å². The van der Waals surface area contributed by atoms with Crippen molar-refractivity contribution in [2.24, 2.45) is 10.9 Å². The molecular weight excluding hydrogens is 226 g/mol. The second-order valence-electron chi connectivity index (χ2n) is 3.62. The minimum absolute atomic E-state index is 0.0953. The van der Waals surface area contributed by atoms with Gasteiger partial charge in [0.15, 0.2) is 0 Å². The molecule has 16 heavy (non-hydrogen) atoms. The van der Waals surface area contributed by atoms with Crippen molar-refractivity contribution >= 4 is 15.7 Å². The van der Waals surface area contributed by atoms with Gasteiger partial charge in [-0.25, -0.2) is 13.6 Å². The Kier molecular flexibility index (Phi) is 4.28. The summed E-state index contributed by atoms with van der Waals surface area (Å²) < 4.78 is 22.0. The third kappa shape index (κ3) is 3.80. The number of nitrogens with two attached hydrogens (primary N) is 2. The van der Waals surface area contributed by atoms with Gasteiger partial charge in [0.1, 0.15) is 0 Å². The van der Waals surface area contributed by atoms with Crippen LogP contribution < -0.4 is 16.2 Å². The molecule has 1 aromatic rings. The number of sulfonamides is 1. The van der Waals surface area contributed by atoms with E-state index in [1.54, 1.807) is 12.1 Å². The predicted octanol–water partition coefficient (Wildman–Crippen LogP) is 0.483. The van der Waals surface area contributed by atoms with Crippen LogP contribution >= 0.6 is 0 Å². The number of hydrogen-bond donors (Lipinski definition) is 3. The maximum atomic E-state index is 11.0. The summed E-state index contributed by atoms with van der Waals surface area (Å²) in [5.41, 5.74) is 6.57. The third-order valence-electron chi connectivity index (χ3n) is 2.28. The Morgan fingerprint density at radius 2 is 1.88 bits per heavy atom. The van der Waals surface area contributed by atoms with E-state index < -0.39 is 10.0 Å². The molecule has 5 nitrogen and oxygen atoms in total. The molecule has 0 fully saturated rings. The summed E-state index contributed by atoms with van der Waals surface area (Å²) in [6.45, 7) is 2.67. The van der Waals surface area contributed by atoms with Crippen molar-refractivity contribution in [3.05, 3.63) is 24.3 Å². The van der Waals surface area contributed by atoms with Crippen LogP contribution in [0.1, 0.15) is 13.3 Å². The molecule has 1 atom stereocenters. The molecule has 0 radical (unpaired) electrons. The monoisotopic (exact) mass is 243 g/mol. The molecule has 0 aliphatic heterocycles. The number of benzene rings is 1. The van der Waals surface area contributed by atoms with Crippen molar-refractivity contribution in [1.82, 2.24) is 0 Å². The third-order valence-corrected chi connectivity index (χ3v) is 3.20. The van der Waals surface area contributed by atoms with Gasteiger partial charge in [-0.05, 0) is 30.7 Å². The van der Waals surface area contributed by atoms with E-state index in [9.17, 15) is 8.42 Å². The van der Waals surface area contributed by atoms with Gasteiger partial charge in [-0.15, -0.1) is 0 Å². The Balaban J connectivity index is 2.66. The summed E-state index contributed by atoms with van der Waals surface area (Å²) in [5, 5.41) is 8.10. The quantitative estimate of drug-likeness (QED) is 0.700. The first-order valence-electron chi connectivity index (χ1n) is 5.06. The van der Waals surface area contributed by atoms with Gasteiger partial charge in [-0.3, -0.25) is 0 Å². The summed E-state index contributed by atoms with van der Waals surface area (Å²) in [6.07, 6.45) is 0.891. The largest absolute Gasteiger partial charge is 0.383 e. The normalized spacial score (nSPS) is 13.4. The van der Waals surface area contributed by atoms with Crippen molar-refractivity contribution in [2.45, 2.75) is 24.3 Å². The lowest BCUT2D eigenvalue weighted by atomic mass is 10.2. The molecule has 90 valence electrons. The molecular formula is C10H17N3O2S. The minimum atomic E-state index is -3.61. The zero-order chi connectivity index (χ0) is 12.2. The molecule has 1 unspecified atom stereocenters. The minimum Gasteiger partial charge on any atom is -0.383 e. The molecule has 0 spiro atoms. The Hall–Kier alpha value is -1.11. The molecule has 0 saturated heterocycles. The summed E-state index contributed by atoms with van der Waals surface area (Å²) >= 11 is 0. The van der Waals surface area contributed by atoms with E-state index in [4.69, 9.17) is 10.9 Å². The molecule has 1 rings (SSSR count). The molecule has 0 saturated carbocycles. The standard InChI is InChI=1S/C10H17N3O2S/c1-2-8(11)7-13-9-3-5-10(6-4-9)16(12,14)15/h3-6,8,13H,2,7,11H2,1H3,(H2,12,14,15). The zero-order valence-electron chi connectivity index (χ0n) is 9.18. The average Bonchev–Trinajstić information content (AvgIpc) is 2.25. The van der Waals surface area contributed by atoms with E-state index in [1.165, 1.54) is 12.1 Å². The lowest BCUT2D eigenvalue weighted by Crippen LogP contribution is -2.27. The van der Waals surface area contributed by atoms with E-state index in [0.717, 1.165) is 12.1 Å². The summed E-state index contributed by atoms with van der Waals surface area (Å²) in [7, 11) is -3.61. The fourth-order valence-corrected chi connectivity index (χ4v) is 1.67. The van der Waals surface area contributed by atoms with Crippen molar-refractivity contribution in [1.29, 1.82) is 0 Å². The van der Waals surface area contributed by atoms with Crippen molar-refractivity contribution in [2.75, 3.05) is 11.9 Å². The Morgan fingerprint density at radius 3 is 2.31 bits per heavy atom. The fourth-order valence-electron chi connectivity index (χ4n) is 1.16. The van der Waals surface area contributed by atoms with Gasteiger partial charge in [0.05, 0.1) is 4.90 Å². The van der Waals surface area contributed by atoms with Gasteiger partial charge in [-0.1, -0.05) is 6.92 Å². The first kappa shape index (κ1) is 13.0. The van der Waals surface area contributed by atoms with Gasteiger partial charge in [0, 0.05) is 18.3 Å². The van der Waals surface area contributed by atoms with Gasteiger partial charge in [0.25, 0.3) is 0 Å². The zero-order valence-corrected chi connectivity index (χ0v) is 10.00. The van der Waals surface area contributed by atoms with Crippen LogP contribution in [0.2, 0.25) is 0 Å². The van der Waals surface area contributed by atoms with Crippen LogP contribution in [0, 0.1) is 0 Å². The van der Waals surface area contributed by atoms with E-state index >= 15 is 0 Å². The van der Waals surface area contributed by atoms with Gasteiger partial charge < -0.3 is 11.1 Å². The molecule has 0 aromatic heterocycles.